The molecule has 0 amide bonds. The van der Waals surface area contributed by atoms with Crippen molar-refractivity contribution in [3.63, 3.8) is 0 Å². The van der Waals surface area contributed by atoms with E-state index >= 15 is 0 Å². The zero-order chi connectivity index (χ0) is 17.1. The molecule has 1 aliphatic heterocycles. The number of hydrogen-bond acceptors (Lipinski definition) is 5. The average molecular weight is 355 g/mol. The Balaban J connectivity index is 1.65. The van der Waals surface area contributed by atoms with Gasteiger partial charge in [0.25, 0.3) is 0 Å². The van der Waals surface area contributed by atoms with Crippen LogP contribution in [0.2, 0.25) is 5.02 Å². The predicted molar refractivity (Wildman–Crippen MR) is 93.8 cm³/mol. The fraction of sp³-hybridized carbons (Fsp3) is 0.167. The van der Waals surface area contributed by atoms with Gasteiger partial charge in [0.1, 0.15) is 43.4 Å². The first kappa shape index (κ1) is 15.7. The Morgan fingerprint density at radius 3 is 2.76 bits per heavy atom. The van der Waals surface area contributed by atoms with Crippen LogP contribution in [-0.4, -0.2) is 27.1 Å². The summed E-state index contributed by atoms with van der Waals surface area (Å²) < 4.78 is 7.69. The summed E-state index contributed by atoms with van der Waals surface area (Å²) in [4.78, 5) is 5.62. The Hall–Kier alpha value is -2.86. The molecule has 0 N–H and O–H groups in total. The summed E-state index contributed by atoms with van der Waals surface area (Å²) in [7, 11) is 0. The number of nitrogens with zero attached hydrogens (tertiary/aromatic N) is 4. The topological polar surface area (TPSA) is 61.5 Å². The fourth-order valence-electron chi connectivity index (χ4n) is 2.71. The molecule has 1 aliphatic rings. The summed E-state index contributed by atoms with van der Waals surface area (Å²) >= 11 is 6.07. The molecule has 0 saturated carbocycles. The molecule has 3 aromatic rings. The normalized spacial score (nSPS) is 17.8. The summed E-state index contributed by atoms with van der Waals surface area (Å²) in [5.41, 5.74) is 2.66. The minimum absolute atomic E-state index is 0.167. The minimum atomic E-state index is -0.167. The average Bonchev–Trinajstić information content (AvgIpc) is 3.17. The molecule has 25 heavy (non-hydrogen) atoms. The summed E-state index contributed by atoms with van der Waals surface area (Å²) in [6.45, 7) is 0.794. The monoisotopic (exact) mass is 354 g/mol. The number of ether oxygens (including phenoxy) is 1. The molecule has 0 fully saturated rings. The first-order chi connectivity index (χ1) is 12.3. The standard InChI is InChI=1S/C18H15ClN4O2/c19-14-6-7-15-17(8-14)24-10-16(23-11-20-21-12-23)18(15)22-25-9-13-4-2-1-3-5-13/h1-8,11-12,16H,9-10H2/b22-18-. The molecular weight excluding hydrogens is 340 g/mol. The summed E-state index contributed by atoms with van der Waals surface area (Å²) in [6, 6.07) is 15.2. The second-order valence-electron chi connectivity index (χ2n) is 5.61. The molecule has 1 aromatic heterocycles. The van der Waals surface area contributed by atoms with Gasteiger partial charge < -0.3 is 14.1 Å². The van der Waals surface area contributed by atoms with Crippen molar-refractivity contribution in [2.75, 3.05) is 6.61 Å². The van der Waals surface area contributed by atoms with Crippen LogP contribution in [-0.2, 0) is 11.4 Å². The van der Waals surface area contributed by atoms with E-state index in [1.807, 2.05) is 47.0 Å². The van der Waals surface area contributed by atoms with Crippen LogP contribution in [0.5, 0.6) is 5.75 Å². The number of benzene rings is 2. The highest BCUT2D eigenvalue weighted by molar-refractivity contribution is 6.31. The van der Waals surface area contributed by atoms with E-state index in [2.05, 4.69) is 15.4 Å². The van der Waals surface area contributed by atoms with Gasteiger partial charge in [0.2, 0.25) is 0 Å². The van der Waals surface area contributed by atoms with Crippen LogP contribution in [0.3, 0.4) is 0 Å². The molecule has 0 radical (unpaired) electrons. The van der Waals surface area contributed by atoms with Gasteiger partial charge in [-0.25, -0.2) is 0 Å². The van der Waals surface area contributed by atoms with Crippen LogP contribution in [0.4, 0.5) is 0 Å². The van der Waals surface area contributed by atoms with E-state index in [4.69, 9.17) is 21.2 Å². The molecule has 0 bridgehead atoms. The molecule has 1 atom stereocenters. The first-order valence-electron chi connectivity index (χ1n) is 7.82. The number of hydrogen-bond donors (Lipinski definition) is 0. The van der Waals surface area contributed by atoms with Crippen LogP contribution in [0.1, 0.15) is 17.2 Å². The highest BCUT2D eigenvalue weighted by atomic mass is 35.5. The van der Waals surface area contributed by atoms with Gasteiger partial charge in [0.05, 0.1) is 0 Å². The molecule has 0 aliphatic carbocycles. The number of rotatable bonds is 4. The maximum absolute atomic E-state index is 6.07. The van der Waals surface area contributed by atoms with Crippen LogP contribution < -0.4 is 4.74 Å². The molecule has 1 unspecified atom stereocenters. The fourth-order valence-corrected chi connectivity index (χ4v) is 2.87. The molecule has 4 rings (SSSR count). The van der Waals surface area contributed by atoms with E-state index in [0.717, 1.165) is 16.8 Å². The van der Waals surface area contributed by atoms with Crippen molar-refractivity contribution in [3.8, 4) is 5.75 Å². The molecule has 6 nitrogen and oxygen atoms in total. The highest BCUT2D eigenvalue weighted by Crippen LogP contribution is 2.32. The molecule has 2 heterocycles. The minimum Gasteiger partial charge on any atom is -0.490 e. The quantitative estimate of drug-likeness (QED) is 0.673. The van der Waals surface area contributed by atoms with Crippen molar-refractivity contribution in [1.82, 2.24) is 14.8 Å². The third-order valence-corrected chi connectivity index (χ3v) is 4.20. The maximum atomic E-state index is 6.07. The van der Waals surface area contributed by atoms with Crippen LogP contribution in [0.15, 0.2) is 66.3 Å². The Bertz CT molecular complexity index is 881. The van der Waals surface area contributed by atoms with E-state index in [9.17, 15) is 0 Å². The van der Waals surface area contributed by atoms with Gasteiger partial charge in [-0.05, 0) is 23.8 Å². The summed E-state index contributed by atoms with van der Waals surface area (Å²) in [5.74, 6) is 0.693. The van der Waals surface area contributed by atoms with Gasteiger partial charge in [-0.3, -0.25) is 0 Å². The Morgan fingerprint density at radius 1 is 1.16 bits per heavy atom. The lowest BCUT2D eigenvalue weighted by Gasteiger charge is -2.27. The third-order valence-electron chi connectivity index (χ3n) is 3.97. The largest absolute Gasteiger partial charge is 0.490 e. The van der Waals surface area contributed by atoms with Gasteiger partial charge >= 0.3 is 0 Å². The zero-order valence-electron chi connectivity index (χ0n) is 13.2. The van der Waals surface area contributed by atoms with Crippen molar-refractivity contribution in [3.05, 3.63) is 77.3 Å². The number of fused-ring (bicyclic) bond motifs is 1. The molecule has 0 spiro atoms. The van der Waals surface area contributed by atoms with Crippen molar-refractivity contribution in [2.45, 2.75) is 12.6 Å². The van der Waals surface area contributed by atoms with E-state index < -0.39 is 0 Å². The lowest BCUT2D eigenvalue weighted by molar-refractivity contribution is 0.127. The molecular formula is C18H15ClN4O2. The van der Waals surface area contributed by atoms with Crippen molar-refractivity contribution in [2.24, 2.45) is 5.16 Å². The zero-order valence-corrected chi connectivity index (χ0v) is 14.0. The molecule has 2 aromatic carbocycles. The van der Waals surface area contributed by atoms with E-state index in [1.165, 1.54) is 0 Å². The maximum Gasteiger partial charge on any atom is 0.142 e. The smallest absolute Gasteiger partial charge is 0.142 e. The van der Waals surface area contributed by atoms with Crippen molar-refractivity contribution in [1.29, 1.82) is 0 Å². The number of oxime groups is 1. The number of halogens is 1. The van der Waals surface area contributed by atoms with E-state index in [-0.39, 0.29) is 6.04 Å². The SMILES string of the molecule is Clc1ccc2c(c1)OCC(n1cnnc1)/C2=N\OCc1ccccc1. The van der Waals surface area contributed by atoms with Gasteiger partial charge in [-0.15, -0.1) is 10.2 Å². The lowest BCUT2D eigenvalue weighted by atomic mass is 10.00. The van der Waals surface area contributed by atoms with Crippen LogP contribution in [0.25, 0.3) is 0 Å². The molecule has 126 valence electrons. The van der Waals surface area contributed by atoms with E-state index in [1.54, 1.807) is 18.7 Å². The van der Waals surface area contributed by atoms with Gasteiger partial charge in [-0.2, -0.15) is 0 Å². The van der Waals surface area contributed by atoms with Crippen LogP contribution in [0, 0.1) is 0 Å². The van der Waals surface area contributed by atoms with E-state index in [0.29, 0.717) is 24.0 Å². The summed E-state index contributed by atoms with van der Waals surface area (Å²) in [6.07, 6.45) is 3.28. The Morgan fingerprint density at radius 2 is 1.96 bits per heavy atom. The van der Waals surface area contributed by atoms with Crippen molar-refractivity contribution < 1.29 is 9.57 Å². The van der Waals surface area contributed by atoms with Gasteiger partial charge in [0.15, 0.2) is 0 Å². The van der Waals surface area contributed by atoms with Gasteiger partial charge in [0, 0.05) is 10.6 Å². The number of aromatic nitrogens is 3. The first-order valence-corrected chi connectivity index (χ1v) is 8.19. The Labute approximate surface area is 149 Å². The van der Waals surface area contributed by atoms with Crippen molar-refractivity contribution >= 4 is 17.3 Å². The second kappa shape index (κ2) is 6.94. The summed E-state index contributed by atoms with van der Waals surface area (Å²) in [5, 5.41) is 12.8. The second-order valence-corrected chi connectivity index (χ2v) is 6.05. The molecule has 7 heteroatoms. The van der Waals surface area contributed by atoms with Gasteiger partial charge in [-0.1, -0.05) is 47.1 Å². The Kier molecular flexibility index (Phi) is 4.35. The van der Waals surface area contributed by atoms with Crippen LogP contribution >= 0.6 is 11.6 Å². The predicted octanol–water partition coefficient (Wildman–Crippen LogP) is 3.49. The third kappa shape index (κ3) is 3.34. The highest BCUT2D eigenvalue weighted by Gasteiger charge is 2.29. The lowest BCUT2D eigenvalue weighted by Crippen LogP contribution is -2.31. The molecule has 0 saturated heterocycles.